The van der Waals surface area contributed by atoms with E-state index in [0.29, 0.717) is 0 Å². The summed E-state index contributed by atoms with van der Waals surface area (Å²) in [6.45, 7) is 5.78. The van der Waals surface area contributed by atoms with Gasteiger partial charge in [0.25, 0.3) is 0 Å². The van der Waals surface area contributed by atoms with Crippen molar-refractivity contribution in [3.63, 3.8) is 0 Å². The van der Waals surface area contributed by atoms with Crippen molar-refractivity contribution < 1.29 is 0 Å². The number of hydrogen-bond donors (Lipinski definition) is 1. The van der Waals surface area contributed by atoms with Crippen molar-refractivity contribution in [1.29, 1.82) is 0 Å². The van der Waals surface area contributed by atoms with Gasteiger partial charge in [0.15, 0.2) is 0 Å². The van der Waals surface area contributed by atoms with Crippen molar-refractivity contribution >= 4 is 11.8 Å². The van der Waals surface area contributed by atoms with Gasteiger partial charge in [-0.15, -0.1) is 0 Å². The molecule has 1 saturated carbocycles. The Morgan fingerprint density at radius 1 is 1.40 bits per heavy atom. The molecule has 0 radical (unpaired) electrons. The third kappa shape index (κ3) is 4.78. The van der Waals surface area contributed by atoms with Crippen LogP contribution in [0.1, 0.15) is 46.0 Å². The van der Waals surface area contributed by atoms with Gasteiger partial charge in [0.2, 0.25) is 0 Å². The lowest BCUT2D eigenvalue weighted by molar-refractivity contribution is 0.221. The Bertz CT molecular complexity index is 161. The van der Waals surface area contributed by atoms with Gasteiger partial charge < -0.3 is 5.32 Å². The molecule has 0 saturated heterocycles. The SMILES string of the molecule is CCNC(CCSC)C1CCCC(C)C1. The molecule has 0 aromatic heterocycles. The lowest BCUT2D eigenvalue weighted by Gasteiger charge is -2.33. The van der Waals surface area contributed by atoms with Gasteiger partial charge in [0, 0.05) is 6.04 Å². The Kier molecular flexibility index (Phi) is 6.74. The topological polar surface area (TPSA) is 12.0 Å². The zero-order chi connectivity index (χ0) is 11.1. The van der Waals surface area contributed by atoms with Crippen LogP contribution in [0.4, 0.5) is 0 Å². The number of rotatable bonds is 6. The lowest BCUT2D eigenvalue weighted by Crippen LogP contribution is -2.38. The summed E-state index contributed by atoms with van der Waals surface area (Å²) in [4.78, 5) is 0. The van der Waals surface area contributed by atoms with E-state index in [0.717, 1.165) is 24.4 Å². The molecular formula is C13H27NS. The molecule has 1 nitrogen and oxygen atoms in total. The third-order valence-electron chi connectivity index (χ3n) is 3.65. The van der Waals surface area contributed by atoms with Crippen molar-refractivity contribution in [2.45, 2.75) is 52.0 Å². The molecule has 1 aliphatic carbocycles. The zero-order valence-electron chi connectivity index (χ0n) is 10.6. The zero-order valence-corrected chi connectivity index (χ0v) is 11.4. The highest BCUT2D eigenvalue weighted by molar-refractivity contribution is 7.98. The van der Waals surface area contributed by atoms with Gasteiger partial charge in [0.1, 0.15) is 0 Å². The highest BCUT2D eigenvalue weighted by Crippen LogP contribution is 2.32. The van der Waals surface area contributed by atoms with E-state index in [-0.39, 0.29) is 0 Å². The normalized spacial score (nSPS) is 29.0. The maximum absolute atomic E-state index is 3.69. The summed E-state index contributed by atoms with van der Waals surface area (Å²) in [5.74, 6) is 3.21. The second kappa shape index (κ2) is 7.56. The minimum absolute atomic E-state index is 0.783. The van der Waals surface area contributed by atoms with E-state index in [2.05, 4.69) is 25.4 Å². The number of thioether (sulfide) groups is 1. The summed E-state index contributed by atoms with van der Waals surface area (Å²) < 4.78 is 0. The monoisotopic (exact) mass is 229 g/mol. The van der Waals surface area contributed by atoms with Gasteiger partial charge in [-0.05, 0) is 49.7 Å². The Hall–Kier alpha value is 0.310. The number of hydrogen-bond acceptors (Lipinski definition) is 2. The summed E-state index contributed by atoms with van der Waals surface area (Å²) >= 11 is 1.98. The van der Waals surface area contributed by atoms with Crippen molar-refractivity contribution in [3.8, 4) is 0 Å². The van der Waals surface area contributed by atoms with Crippen LogP contribution in [0.2, 0.25) is 0 Å². The fourth-order valence-electron chi connectivity index (χ4n) is 2.86. The van der Waals surface area contributed by atoms with Gasteiger partial charge in [-0.3, -0.25) is 0 Å². The second-order valence-corrected chi connectivity index (χ2v) is 5.96. The standard InChI is InChI=1S/C13H27NS/c1-4-14-13(8-9-15-3)12-7-5-6-11(2)10-12/h11-14H,4-10H2,1-3H3. The molecule has 0 aliphatic heterocycles. The first-order valence-electron chi connectivity index (χ1n) is 6.50. The third-order valence-corrected chi connectivity index (χ3v) is 4.29. The van der Waals surface area contributed by atoms with Crippen LogP contribution >= 0.6 is 11.8 Å². The molecule has 0 amide bonds. The molecule has 1 rings (SSSR count). The molecule has 2 heteroatoms. The van der Waals surface area contributed by atoms with Crippen LogP contribution in [0.5, 0.6) is 0 Å². The van der Waals surface area contributed by atoms with E-state index in [1.165, 1.54) is 37.9 Å². The maximum atomic E-state index is 3.69. The molecule has 0 bridgehead atoms. The lowest BCUT2D eigenvalue weighted by atomic mass is 9.78. The first kappa shape index (κ1) is 13.4. The van der Waals surface area contributed by atoms with Crippen molar-refractivity contribution in [1.82, 2.24) is 5.32 Å². The molecule has 3 unspecified atom stereocenters. The van der Waals surface area contributed by atoms with Crippen LogP contribution in [-0.4, -0.2) is 24.6 Å². The average Bonchev–Trinajstić information content (AvgIpc) is 2.24. The van der Waals surface area contributed by atoms with Crippen LogP contribution in [0, 0.1) is 11.8 Å². The van der Waals surface area contributed by atoms with E-state index < -0.39 is 0 Å². The predicted molar refractivity (Wildman–Crippen MR) is 71.6 cm³/mol. The molecule has 1 N–H and O–H groups in total. The van der Waals surface area contributed by atoms with E-state index in [4.69, 9.17) is 0 Å². The average molecular weight is 229 g/mol. The highest BCUT2D eigenvalue weighted by atomic mass is 32.2. The van der Waals surface area contributed by atoms with Crippen molar-refractivity contribution in [2.24, 2.45) is 11.8 Å². The van der Waals surface area contributed by atoms with Crippen LogP contribution in [0.3, 0.4) is 0 Å². The Morgan fingerprint density at radius 3 is 2.80 bits per heavy atom. The molecule has 0 aromatic carbocycles. The molecule has 1 fully saturated rings. The largest absolute Gasteiger partial charge is 0.314 e. The predicted octanol–water partition coefficient (Wildman–Crippen LogP) is 3.54. The smallest absolute Gasteiger partial charge is 0.0103 e. The van der Waals surface area contributed by atoms with Crippen LogP contribution < -0.4 is 5.32 Å². The molecule has 15 heavy (non-hydrogen) atoms. The Morgan fingerprint density at radius 2 is 2.20 bits per heavy atom. The second-order valence-electron chi connectivity index (χ2n) is 4.98. The highest BCUT2D eigenvalue weighted by Gasteiger charge is 2.25. The number of nitrogens with one attached hydrogen (secondary N) is 1. The molecule has 3 atom stereocenters. The summed E-state index contributed by atoms with van der Waals surface area (Å²) in [6, 6.07) is 0.783. The molecule has 90 valence electrons. The first-order chi connectivity index (χ1) is 7.27. The summed E-state index contributed by atoms with van der Waals surface area (Å²) in [5, 5.41) is 3.69. The van der Waals surface area contributed by atoms with E-state index >= 15 is 0 Å². The fourth-order valence-corrected chi connectivity index (χ4v) is 3.35. The van der Waals surface area contributed by atoms with Gasteiger partial charge in [-0.1, -0.05) is 26.7 Å². The Balaban J connectivity index is 2.38. The van der Waals surface area contributed by atoms with Crippen LogP contribution in [-0.2, 0) is 0 Å². The van der Waals surface area contributed by atoms with E-state index in [1.807, 2.05) is 11.8 Å². The molecule has 0 spiro atoms. The van der Waals surface area contributed by atoms with E-state index in [9.17, 15) is 0 Å². The van der Waals surface area contributed by atoms with Crippen LogP contribution in [0.25, 0.3) is 0 Å². The minimum atomic E-state index is 0.783. The van der Waals surface area contributed by atoms with E-state index in [1.54, 1.807) is 0 Å². The summed E-state index contributed by atoms with van der Waals surface area (Å²) in [5.41, 5.74) is 0. The fraction of sp³-hybridized carbons (Fsp3) is 1.00. The van der Waals surface area contributed by atoms with Crippen molar-refractivity contribution in [3.05, 3.63) is 0 Å². The van der Waals surface area contributed by atoms with Gasteiger partial charge in [-0.25, -0.2) is 0 Å². The van der Waals surface area contributed by atoms with Crippen molar-refractivity contribution in [2.75, 3.05) is 18.6 Å². The molecule has 0 heterocycles. The van der Waals surface area contributed by atoms with Gasteiger partial charge in [0.05, 0.1) is 0 Å². The maximum Gasteiger partial charge on any atom is 0.0103 e. The first-order valence-corrected chi connectivity index (χ1v) is 7.89. The summed E-state index contributed by atoms with van der Waals surface area (Å²) in [7, 11) is 0. The molecule has 0 aromatic rings. The Labute approximate surface area is 99.8 Å². The minimum Gasteiger partial charge on any atom is -0.314 e. The molecular weight excluding hydrogens is 202 g/mol. The van der Waals surface area contributed by atoms with Gasteiger partial charge >= 0.3 is 0 Å². The quantitative estimate of drug-likeness (QED) is 0.747. The van der Waals surface area contributed by atoms with Crippen LogP contribution in [0.15, 0.2) is 0 Å². The van der Waals surface area contributed by atoms with Gasteiger partial charge in [-0.2, -0.15) is 11.8 Å². The summed E-state index contributed by atoms with van der Waals surface area (Å²) in [6.07, 6.45) is 9.38. The molecule has 1 aliphatic rings.